The third kappa shape index (κ3) is 3.25. The molecule has 2 aromatic carbocycles. The number of fused-ring (bicyclic) bond motifs is 1. The molecule has 2 aromatic rings. The first-order chi connectivity index (χ1) is 10.3. The molecule has 1 atom stereocenters. The van der Waals surface area contributed by atoms with E-state index in [4.69, 9.17) is 21.1 Å². The largest absolute Gasteiger partial charge is 0.489 e. The molecule has 1 heterocycles. The zero-order valence-corrected chi connectivity index (χ0v) is 13.9. The number of hydrogen-bond acceptors (Lipinski definition) is 2. The van der Waals surface area contributed by atoms with E-state index in [0.29, 0.717) is 12.5 Å². The molecule has 110 valence electrons. The van der Waals surface area contributed by atoms with Crippen molar-refractivity contribution in [1.29, 1.82) is 0 Å². The van der Waals surface area contributed by atoms with Gasteiger partial charge >= 0.3 is 0 Å². The van der Waals surface area contributed by atoms with E-state index >= 15 is 0 Å². The molecule has 0 amide bonds. The van der Waals surface area contributed by atoms with Crippen LogP contribution in [0.5, 0.6) is 5.75 Å². The number of alkyl halides is 1. The van der Waals surface area contributed by atoms with Gasteiger partial charge in [-0.1, -0.05) is 36.4 Å². The Morgan fingerprint density at radius 2 is 2.05 bits per heavy atom. The second-order valence-corrected chi connectivity index (χ2v) is 6.10. The SMILES string of the molecule is ClCc1cccc(Br)c1OCC1OCCc2ccccc21. The van der Waals surface area contributed by atoms with Crippen molar-refractivity contribution in [2.24, 2.45) is 0 Å². The standard InChI is InChI=1S/C17H16BrClO2/c18-15-7-3-5-13(10-19)17(15)21-11-16-14-6-2-1-4-12(14)8-9-20-16/h1-7,16H,8-11H2. The number of para-hydroxylation sites is 1. The summed E-state index contributed by atoms with van der Waals surface area (Å²) in [6.45, 7) is 1.23. The molecule has 1 aliphatic heterocycles. The monoisotopic (exact) mass is 366 g/mol. The van der Waals surface area contributed by atoms with Crippen LogP contribution in [0.15, 0.2) is 46.9 Å². The second kappa shape index (κ2) is 6.82. The maximum absolute atomic E-state index is 6.00. The average molecular weight is 368 g/mol. The highest BCUT2D eigenvalue weighted by atomic mass is 79.9. The molecule has 3 rings (SSSR count). The van der Waals surface area contributed by atoms with Crippen LogP contribution >= 0.6 is 27.5 Å². The van der Waals surface area contributed by atoms with Gasteiger partial charge in [-0.05, 0) is 39.5 Å². The van der Waals surface area contributed by atoms with Gasteiger partial charge in [-0.2, -0.15) is 0 Å². The summed E-state index contributed by atoms with van der Waals surface area (Å²) in [5.41, 5.74) is 3.56. The molecule has 0 radical (unpaired) electrons. The Kier molecular flexibility index (Phi) is 4.84. The van der Waals surface area contributed by atoms with Gasteiger partial charge in [0.2, 0.25) is 0 Å². The molecule has 0 aromatic heterocycles. The molecule has 0 bridgehead atoms. The van der Waals surface area contributed by atoms with Gasteiger partial charge in [0.25, 0.3) is 0 Å². The van der Waals surface area contributed by atoms with Gasteiger partial charge in [-0.15, -0.1) is 11.6 Å². The number of halogens is 2. The highest BCUT2D eigenvalue weighted by Crippen LogP contribution is 2.33. The van der Waals surface area contributed by atoms with Crippen LogP contribution in [0.1, 0.15) is 22.8 Å². The fraction of sp³-hybridized carbons (Fsp3) is 0.294. The van der Waals surface area contributed by atoms with Crippen molar-refractivity contribution >= 4 is 27.5 Å². The predicted molar refractivity (Wildman–Crippen MR) is 88.0 cm³/mol. The lowest BCUT2D eigenvalue weighted by Gasteiger charge is -2.26. The van der Waals surface area contributed by atoms with Gasteiger partial charge in [0.15, 0.2) is 0 Å². The van der Waals surface area contributed by atoms with E-state index in [0.717, 1.165) is 28.8 Å². The van der Waals surface area contributed by atoms with Crippen LogP contribution in [-0.2, 0) is 17.0 Å². The summed E-state index contributed by atoms with van der Waals surface area (Å²) in [5.74, 6) is 1.23. The van der Waals surface area contributed by atoms with Crippen molar-refractivity contribution in [2.75, 3.05) is 13.2 Å². The van der Waals surface area contributed by atoms with Gasteiger partial charge in [-0.25, -0.2) is 0 Å². The van der Waals surface area contributed by atoms with Crippen molar-refractivity contribution in [3.05, 3.63) is 63.6 Å². The summed E-state index contributed by atoms with van der Waals surface area (Å²) in [5, 5.41) is 0. The first kappa shape index (κ1) is 14.9. The van der Waals surface area contributed by atoms with Crippen LogP contribution in [0.4, 0.5) is 0 Å². The number of rotatable bonds is 4. The van der Waals surface area contributed by atoms with Crippen LogP contribution in [-0.4, -0.2) is 13.2 Å². The summed E-state index contributed by atoms with van der Waals surface area (Å²) in [7, 11) is 0. The molecular weight excluding hydrogens is 352 g/mol. The molecule has 0 saturated heterocycles. The van der Waals surface area contributed by atoms with E-state index in [-0.39, 0.29) is 6.10 Å². The summed E-state index contributed by atoms with van der Waals surface area (Å²) >= 11 is 9.49. The van der Waals surface area contributed by atoms with Gasteiger partial charge in [0, 0.05) is 5.56 Å². The molecule has 0 aliphatic carbocycles. The molecule has 0 N–H and O–H groups in total. The normalized spacial score (nSPS) is 17.3. The number of hydrogen-bond donors (Lipinski definition) is 0. The number of benzene rings is 2. The van der Waals surface area contributed by atoms with Gasteiger partial charge in [0.1, 0.15) is 18.5 Å². The van der Waals surface area contributed by atoms with Crippen LogP contribution < -0.4 is 4.74 Å². The van der Waals surface area contributed by atoms with Gasteiger partial charge in [0.05, 0.1) is 17.0 Å². The summed E-state index contributed by atoms with van der Waals surface area (Å²) in [6, 6.07) is 14.3. The van der Waals surface area contributed by atoms with Crippen molar-refractivity contribution in [3.63, 3.8) is 0 Å². The molecule has 0 fully saturated rings. The Hall–Kier alpha value is -1.03. The van der Waals surface area contributed by atoms with Gasteiger partial charge in [-0.3, -0.25) is 0 Å². The Morgan fingerprint density at radius 3 is 2.90 bits per heavy atom. The molecular formula is C17H16BrClO2. The maximum Gasteiger partial charge on any atom is 0.138 e. The van der Waals surface area contributed by atoms with Crippen LogP contribution in [0, 0.1) is 0 Å². The summed E-state index contributed by atoms with van der Waals surface area (Å²) < 4.78 is 12.8. The van der Waals surface area contributed by atoms with E-state index in [2.05, 4.69) is 34.1 Å². The molecule has 1 aliphatic rings. The Labute approximate surface area is 138 Å². The number of ether oxygens (including phenoxy) is 2. The van der Waals surface area contributed by atoms with E-state index in [1.807, 2.05) is 24.3 Å². The van der Waals surface area contributed by atoms with E-state index < -0.39 is 0 Å². The quantitative estimate of drug-likeness (QED) is 0.717. The zero-order chi connectivity index (χ0) is 14.7. The van der Waals surface area contributed by atoms with Crippen molar-refractivity contribution in [2.45, 2.75) is 18.4 Å². The minimum absolute atomic E-state index is 0.0229. The van der Waals surface area contributed by atoms with Crippen LogP contribution in [0.3, 0.4) is 0 Å². The van der Waals surface area contributed by atoms with E-state index in [1.54, 1.807) is 0 Å². The van der Waals surface area contributed by atoms with Crippen molar-refractivity contribution in [3.8, 4) is 5.75 Å². The Bertz CT molecular complexity index is 630. The lowest BCUT2D eigenvalue weighted by molar-refractivity contribution is 0.00986. The van der Waals surface area contributed by atoms with Crippen LogP contribution in [0.25, 0.3) is 0 Å². The topological polar surface area (TPSA) is 18.5 Å². The highest BCUT2D eigenvalue weighted by molar-refractivity contribution is 9.10. The van der Waals surface area contributed by atoms with Gasteiger partial charge < -0.3 is 9.47 Å². The minimum Gasteiger partial charge on any atom is -0.489 e. The fourth-order valence-electron chi connectivity index (χ4n) is 2.59. The van der Waals surface area contributed by atoms with Crippen molar-refractivity contribution < 1.29 is 9.47 Å². The Morgan fingerprint density at radius 1 is 1.19 bits per heavy atom. The van der Waals surface area contributed by atoms with E-state index in [9.17, 15) is 0 Å². The first-order valence-electron chi connectivity index (χ1n) is 6.95. The molecule has 4 heteroatoms. The molecule has 0 saturated carbocycles. The fourth-order valence-corrected chi connectivity index (χ4v) is 3.33. The first-order valence-corrected chi connectivity index (χ1v) is 8.28. The molecule has 21 heavy (non-hydrogen) atoms. The molecule has 2 nitrogen and oxygen atoms in total. The second-order valence-electron chi connectivity index (χ2n) is 4.98. The molecule has 0 spiro atoms. The highest BCUT2D eigenvalue weighted by Gasteiger charge is 2.21. The zero-order valence-electron chi connectivity index (χ0n) is 11.5. The molecule has 1 unspecified atom stereocenters. The average Bonchev–Trinajstić information content (AvgIpc) is 2.53. The Balaban J connectivity index is 1.78. The van der Waals surface area contributed by atoms with E-state index in [1.165, 1.54) is 11.1 Å². The maximum atomic E-state index is 6.00. The minimum atomic E-state index is -0.0229. The lowest BCUT2D eigenvalue weighted by atomic mass is 9.98. The third-order valence-electron chi connectivity index (χ3n) is 3.66. The van der Waals surface area contributed by atoms with Crippen LogP contribution in [0.2, 0.25) is 0 Å². The smallest absolute Gasteiger partial charge is 0.138 e. The summed E-state index contributed by atoms with van der Waals surface area (Å²) in [4.78, 5) is 0. The summed E-state index contributed by atoms with van der Waals surface area (Å²) in [6.07, 6.45) is 0.944. The third-order valence-corrected chi connectivity index (χ3v) is 4.58. The van der Waals surface area contributed by atoms with Crippen molar-refractivity contribution in [1.82, 2.24) is 0 Å². The predicted octanol–water partition coefficient (Wildman–Crippen LogP) is 4.88. The lowest BCUT2D eigenvalue weighted by Crippen LogP contribution is -2.22.